The number of aryl methyl sites for hydroxylation is 1. The molecule has 2 rings (SSSR count). The van der Waals surface area contributed by atoms with E-state index in [9.17, 15) is 9.59 Å². The first-order valence-corrected chi connectivity index (χ1v) is 6.96. The number of carbonyl (C=O) groups excluding carboxylic acids is 1. The monoisotopic (exact) mass is 329 g/mol. The second kappa shape index (κ2) is 6.32. The molecule has 0 fully saturated rings. The number of carbonyl (C=O) groups is 1. The Labute approximate surface area is 130 Å². The standard InChI is InChI=1S/C13H13Cl2N3O3/c1-3-21-12(19)7-17-13(20)18(8(2)16-17)11-5-9(14)4-10(15)6-11/h4-6H,3,7H2,1-2H3. The van der Waals surface area contributed by atoms with Crippen LogP contribution >= 0.6 is 23.2 Å². The number of halogens is 2. The zero-order valence-corrected chi connectivity index (χ0v) is 13.0. The van der Waals surface area contributed by atoms with Crippen LogP contribution < -0.4 is 5.69 Å². The molecule has 0 unspecified atom stereocenters. The Morgan fingerprint density at radius 2 is 1.90 bits per heavy atom. The predicted molar refractivity (Wildman–Crippen MR) is 79.2 cm³/mol. The molecule has 0 saturated heterocycles. The molecule has 21 heavy (non-hydrogen) atoms. The maximum absolute atomic E-state index is 12.3. The third-order valence-corrected chi connectivity index (χ3v) is 3.13. The molecule has 0 aliphatic rings. The predicted octanol–water partition coefficient (Wildman–Crippen LogP) is 2.21. The summed E-state index contributed by atoms with van der Waals surface area (Å²) in [7, 11) is 0. The summed E-state index contributed by atoms with van der Waals surface area (Å²) in [6.45, 7) is 3.35. The summed E-state index contributed by atoms with van der Waals surface area (Å²) in [5.41, 5.74) is 0.0315. The average Bonchev–Trinajstić information content (AvgIpc) is 2.63. The number of hydrogen-bond acceptors (Lipinski definition) is 4. The van der Waals surface area contributed by atoms with Crippen LogP contribution in [0.3, 0.4) is 0 Å². The summed E-state index contributed by atoms with van der Waals surface area (Å²) in [5.74, 6) is -0.101. The number of hydrogen-bond donors (Lipinski definition) is 0. The zero-order valence-electron chi connectivity index (χ0n) is 11.5. The molecular formula is C13H13Cl2N3O3. The van der Waals surface area contributed by atoms with Crippen molar-refractivity contribution in [3.8, 4) is 5.69 Å². The lowest BCUT2D eigenvalue weighted by Gasteiger charge is -2.04. The normalized spacial score (nSPS) is 10.7. The van der Waals surface area contributed by atoms with Crippen LogP contribution in [0.4, 0.5) is 0 Å². The van der Waals surface area contributed by atoms with Gasteiger partial charge in [-0.1, -0.05) is 23.2 Å². The van der Waals surface area contributed by atoms with Crippen molar-refractivity contribution in [2.45, 2.75) is 20.4 Å². The molecule has 0 aliphatic carbocycles. The van der Waals surface area contributed by atoms with Gasteiger partial charge >= 0.3 is 11.7 Å². The molecule has 0 amide bonds. The van der Waals surface area contributed by atoms with Gasteiger partial charge in [0.25, 0.3) is 0 Å². The van der Waals surface area contributed by atoms with Gasteiger partial charge < -0.3 is 4.74 Å². The number of esters is 1. The Hall–Kier alpha value is -1.79. The van der Waals surface area contributed by atoms with Crippen LogP contribution in [0.15, 0.2) is 23.0 Å². The topological polar surface area (TPSA) is 66.1 Å². The highest BCUT2D eigenvalue weighted by atomic mass is 35.5. The van der Waals surface area contributed by atoms with Crippen LogP contribution in [-0.2, 0) is 16.1 Å². The minimum absolute atomic E-state index is 0.241. The molecule has 112 valence electrons. The van der Waals surface area contributed by atoms with E-state index in [1.54, 1.807) is 32.0 Å². The molecular weight excluding hydrogens is 317 g/mol. The van der Waals surface area contributed by atoms with Gasteiger partial charge in [0, 0.05) is 10.0 Å². The maximum atomic E-state index is 12.3. The molecule has 0 spiro atoms. The lowest BCUT2D eigenvalue weighted by atomic mass is 10.3. The zero-order chi connectivity index (χ0) is 15.6. The third kappa shape index (κ3) is 3.46. The summed E-state index contributed by atoms with van der Waals surface area (Å²) in [6.07, 6.45) is 0. The van der Waals surface area contributed by atoms with Crippen molar-refractivity contribution in [1.29, 1.82) is 0 Å². The number of ether oxygens (including phenoxy) is 1. The van der Waals surface area contributed by atoms with Crippen molar-refractivity contribution < 1.29 is 9.53 Å². The molecule has 0 bridgehead atoms. The van der Waals surface area contributed by atoms with Gasteiger partial charge in [-0.2, -0.15) is 5.10 Å². The van der Waals surface area contributed by atoms with Gasteiger partial charge in [0.1, 0.15) is 12.4 Å². The Balaban J connectivity index is 2.44. The fourth-order valence-electron chi connectivity index (χ4n) is 1.91. The van der Waals surface area contributed by atoms with Crippen LogP contribution in [-0.4, -0.2) is 26.9 Å². The summed E-state index contributed by atoms with van der Waals surface area (Å²) in [6, 6.07) is 4.76. The first kappa shape index (κ1) is 15.6. The molecule has 0 N–H and O–H groups in total. The minimum Gasteiger partial charge on any atom is -0.465 e. The summed E-state index contributed by atoms with van der Waals surface area (Å²) < 4.78 is 7.18. The summed E-state index contributed by atoms with van der Waals surface area (Å²) >= 11 is 11.9. The summed E-state index contributed by atoms with van der Waals surface area (Å²) in [4.78, 5) is 23.8. The highest BCUT2D eigenvalue weighted by Crippen LogP contribution is 2.21. The number of aromatic nitrogens is 3. The Kier molecular flexibility index (Phi) is 4.69. The highest BCUT2D eigenvalue weighted by Gasteiger charge is 2.15. The van der Waals surface area contributed by atoms with Gasteiger partial charge in [-0.05, 0) is 32.0 Å². The first-order chi connectivity index (χ1) is 9.92. The minimum atomic E-state index is -0.520. The molecule has 0 atom stereocenters. The smallest absolute Gasteiger partial charge is 0.351 e. The van der Waals surface area contributed by atoms with Crippen LogP contribution in [0, 0.1) is 6.92 Å². The largest absolute Gasteiger partial charge is 0.465 e. The van der Waals surface area contributed by atoms with Crippen molar-refractivity contribution in [2.24, 2.45) is 0 Å². The van der Waals surface area contributed by atoms with Gasteiger partial charge in [-0.25, -0.2) is 14.0 Å². The van der Waals surface area contributed by atoms with Gasteiger partial charge in [0.15, 0.2) is 0 Å². The van der Waals surface area contributed by atoms with Gasteiger partial charge in [-0.15, -0.1) is 0 Å². The van der Waals surface area contributed by atoms with E-state index in [4.69, 9.17) is 27.9 Å². The molecule has 1 aromatic heterocycles. The average molecular weight is 330 g/mol. The lowest BCUT2D eigenvalue weighted by Crippen LogP contribution is -2.28. The maximum Gasteiger partial charge on any atom is 0.351 e. The van der Waals surface area contributed by atoms with Crippen molar-refractivity contribution in [1.82, 2.24) is 14.3 Å². The second-order valence-corrected chi connectivity index (χ2v) is 5.13. The molecule has 1 heterocycles. The molecule has 1 aromatic carbocycles. The van der Waals surface area contributed by atoms with Crippen molar-refractivity contribution in [3.05, 3.63) is 44.6 Å². The first-order valence-electron chi connectivity index (χ1n) is 6.21. The highest BCUT2D eigenvalue weighted by molar-refractivity contribution is 6.34. The van der Waals surface area contributed by atoms with E-state index >= 15 is 0 Å². The fourth-order valence-corrected chi connectivity index (χ4v) is 2.43. The van der Waals surface area contributed by atoms with Crippen LogP contribution in [0.2, 0.25) is 10.0 Å². The van der Waals surface area contributed by atoms with E-state index in [2.05, 4.69) is 5.10 Å². The molecule has 6 nitrogen and oxygen atoms in total. The molecule has 8 heteroatoms. The Morgan fingerprint density at radius 1 is 1.29 bits per heavy atom. The van der Waals surface area contributed by atoms with Crippen LogP contribution in [0.1, 0.15) is 12.7 Å². The van der Waals surface area contributed by atoms with Crippen molar-refractivity contribution in [3.63, 3.8) is 0 Å². The molecule has 0 saturated carbocycles. The third-order valence-electron chi connectivity index (χ3n) is 2.69. The van der Waals surface area contributed by atoms with Gasteiger partial charge in [0.05, 0.1) is 12.3 Å². The van der Waals surface area contributed by atoms with Crippen molar-refractivity contribution >= 4 is 29.2 Å². The quantitative estimate of drug-likeness (QED) is 0.806. The molecule has 0 radical (unpaired) electrons. The molecule has 2 aromatic rings. The van der Waals surface area contributed by atoms with E-state index in [1.165, 1.54) is 4.57 Å². The van der Waals surface area contributed by atoms with Gasteiger partial charge in [0.2, 0.25) is 0 Å². The van der Waals surface area contributed by atoms with E-state index in [0.717, 1.165) is 4.68 Å². The number of benzene rings is 1. The van der Waals surface area contributed by atoms with Crippen molar-refractivity contribution in [2.75, 3.05) is 6.61 Å². The van der Waals surface area contributed by atoms with E-state index in [-0.39, 0.29) is 13.2 Å². The van der Waals surface area contributed by atoms with Crippen LogP contribution in [0.5, 0.6) is 0 Å². The van der Waals surface area contributed by atoms with E-state index < -0.39 is 11.7 Å². The van der Waals surface area contributed by atoms with E-state index in [0.29, 0.717) is 21.6 Å². The van der Waals surface area contributed by atoms with Gasteiger partial charge in [-0.3, -0.25) is 4.79 Å². The number of nitrogens with zero attached hydrogens (tertiary/aromatic N) is 3. The van der Waals surface area contributed by atoms with E-state index in [1.807, 2.05) is 0 Å². The Bertz CT molecular complexity index is 716. The second-order valence-electron chi connectivity index (χ2n) is 4.26. The summed E-state index contributed by atoms with van der Waals surface area (Å²) in [5, 5.41) is 4.86. The fraction of sp³-hybridized carbons (Fsp3) is 0.308. The van der Waals surface area contributed by atoms with Crippen LogP contribution in [0.25, 0.3) is 5.69 Å². The number of rotatable bonds is 4. The SMILES string of the molecule is CCOC(=O)Cn1nc(C)n(-c2cc(Cl)cc(Cl)c2)c1=O. The lowest BCUT2D eigenvalue weighted by molar-refractivity contribution is -0.144. The molecule has 0 aliphatic heterocycles. The Morgan fingerprint density at radius 3 is 2.48 bits per heavy atom.